The summed E-state index contributed by atoms with van der Waals surface area (Å²) in [5.74, 6) is 0.774. The van der Waals surface area contributed by atoms with Crippen molar-refractivity contribution in [2.24, 2.45) is 5.92 Å². The highest BCUT2D eigenvalue weighted by Crippen LogP contribution is 2.27. The molecule has 0 atom stereocenters. The second-order valence-corrected chi connectivity index (χ2v) is 9.01. The number of para-hydroxylation sites is 1. The third-order valence-electron chi connectivity index (χ3n) is 7.02. The lowest BCUT2D eigenvalue weighted by Crippen LogP contribution is -2.52. The van der Waals surface area contributed by atoms with Gasteiger partial charge in [0, 0.05) is 39.1 Å². The number of amides is 1. The fourth-order valence-corrected chi connectivity index (χ4v) is 5.21. The second-order valence-electron chi connectivity index (χ2n) is 9.01. The molecule has 4 rings (SSSR count). The molecule has 0 unspecified atom stereocenters. The Hall–Kier alpha value is -2.83. The quantitative estimate of drug-likeness (QED) is 0.720. The van der Waals surface area contributed by atoms with Gasteiger partial charge in [-0.1, -0.05) is 37.5 Å². The molecule has 2 heterocycles. The van der Waals surface area contributed by atoms with Gasteiger partial charge in [0.2, 0.25) is 5.91 Å². The number of aromatic nitrogens is 2. The summed E-state index contributed by atoms with van der Waals surface area (Å²) in [5.41, 5.74) is 1.41. The lowest BCUT2D eigenvalue weighted by atomic mass is 9.86. The number of rotatable bonds is 5. The number of carbonyl (C=O) groups excluding carboxylic acids is 1. The summed E-state index contributed by atoms with van der Waals surface area (Å²) in [6.07, 6.45) is 6.77. The Morgan fingerprint density at radius 1 is 0.969 bits per heavy atom. The maximum atomic E-state index is 13.2. The molecule has 7 heteroatoms. The molecule has 2 aromatic rings. The van der Waals surface area contributed by atoms with Crippen LogP contribution in [0, 0.1) is 12.8 Å². The van der Waals surface area contributed by atoms with Crippen LogP contribution in [0.2, 0.25) is 0 Å². The van der Waals surface area contributed by atoms with Crippen molar-refractivity contribution in [3.8, 4) is 5.69 Å². The minimum atomic E-state index is -0.314. The Kier molecular flexibility index (Phi) is 6.82. The van der Waals surface area contributed by atoms with Crippen LogP contribution >= 0.6 is 0 Å². The molecule has 1 aliphatic heterocycles. The number of hydrogen-bond donors (Lipinski definition) is 0. The number of anilines is 1. The van der Waals surface area contributed by atoms with E-state index in [2.05, 4.69) is 0 Å². The van der Waals surface area contributed by atoms with Crippen molar-refractivity contribution in [3.63, 3.8) is 0 Å². The summed E-state index contributed by atoms with van der Waals surface area (Å²) in [6.45, 7) is 6.40. The van der Waals surface area contributed by atoms with Gasteiger partial charge in [0.25, 0.3) is 5.56 Å². The van der Waals surface area contributed by atoms with Gasteiger partial charge in [-0.15, -0.1) is 0 Å². The van der Waals surface area contributed by atoms with Crippen LogP contribution < -0.4 is 16.1 Å². The van der Waals surface area contributed by atoms with E-state index in [9.17, 15) is 14.4 Å². The molecule has 1 saturated carbocycles. The van der Waals surface area contributed by atoms with Gasteiger partial charge in [-0.25, -0.2) is 4.79 Å². The lowest BCUT2D eigenvalue weighted by Gasteiger charge is -2.37. The highest BCUT2D eigenvalue weighted by Gasteiger charge is 2.28. The summed E-state index contributed by atoms with van der Waals surface area (Å²) in [4.78, 5) is 43.1. The molecular weight excluding hydrogens is 404 g/mol. The van der Waals surface area contributed by atoms with Crippen molar-refractivity contribution in [3.05, 3.63) is 56.9 Å². The molecule has 1 aliphatic carbocycles. The van der Waals surface area contributed by atoms with Crippen LogP contribution in [0.25, 0.3) is 5.69 Å². The third-order valence-corrected chi connectivity index (χ3v) is 7.02. The van der Waals surface area contributed by atoms with Gasteiger partial charge in [0.1, 0.15) is 5.69 Å². The van der Waals surface area contributed by atoms with Crippen LogP contribution in [0.5, 0.6) is 0 Å². The van der Waals surface area contributed by atoms with Gasteiger partial charge in [-0.05, 0) is 44.7 Å². The maximum absolute atomic E-state index is 13.2. The topological polar surface area (TPSA) is 67.6 Å². The highest BCUT2D eigenvalue weighted by atomic mass is 16.2. The SMILES string of the molecule is CCn1c(=O)c(N2CCN(C(=O)CC3CCCCC3)CC2)c(C)n(-c2ccccc2)c1=O. The predicted molar refractivity (Wildman–Crippen MR) is 127 cm³/mol. The molecule has 32 heavy (non-hydrogen) atoms. The molecule has 0 bridgehead atoms. The molecule has 1 saturated heterocycles. The van der Waals surface area contributed by atoms with E-state index in [0.717, 1.165) is 5.69 Å². The van der Waals surface area contributed by atoms with Crippen molar-refractivity contribution in [2.45, 2.75) is 58.9 Å². The smallest absolute Gasteiger partial charge is 0.335 e. The van der Waals surface area contributed by atoms with Gasteiger partial charge in [0.15, 0.2) is 0 Å². The first-order chi connectivity index (χ1) is 15.5. The molecule has 1 aromatic carbocycles. The van der Waals surface area contributed by atoms with E-state index in [1.54, 1.807) is 4.57 Å². The van der Waals surface area contributed by atoms with Crippen LogP contribution in [0.1, 0.15) is 51.1 Å². The van der Waals surface area contributed by atoms with Crippen molar-refractivity contribution < 1.29 is 4.79 Å². The highest BCUT2D eigenvalue weighted by molar-refractivity contribution is 5.76. The zero-order valence-electron chi connectivity index (χ0n) is 19.3. The molecule has 0 radical (unpaired) electrons. The summed E-state index contributed by atoms with van der Waals surface area (Å²) < 4.78 is 2.93. The van der Waals surface area contributed by atoms with E-state index in [4.69, 9.17) is 0 Å². The van der Waals surface area contributed by atoms with Crippen molar-refractivity contribution in [1.29, 1.82) is 0 Å². The Bertz CT molecular complexity index is 1060. The van der Waals surface area contributed by atoms with Gasteiger partial charge in [-0.2, -0.15) is 0 Å². The van der Waals surface area contributed by atoms with Crippen LogP contribution in [0.3, 0.4) is 0 Å². The lowest BCUT2D eigenvalue weighted by molar-refractivity contribution is -0.132. The molecule has 2 fully saturated rings. The standard InChI is InChI=1S/C25H34N4O3/c1-3-28-24(31)23(19(2)29(25(28)32)21-12-8-5-9-13-21)27-16-14-26(15-17-27)22(30)18-20-10-6-4-7-11-20/h5,8-9,12-13,20H,3-4,6-7,10-11,14-18H2,1-2H3. The zero-order valence-corrected chi connectivity index (χ0v) is 19.3. The fraction of sp³-hybridized carbons (Fsp3) is 0.560. The molecule has 7 nitrogen and oxygen atoms in total. The van der Waals surface area contributed by atoms with E-state index in [-0.39, 0.29) is 17.2 Å². The predicted octanol–water partition coefficient (Wildman–Crippen LogP) is 2.95. The van der Waals surface area contributed by atoms with Crippen LogP contribution in [0.4, 0.5) is 5.69 Å². The summed E-state index contributed by atoms with van der Waals surface area (Å²) in [7, 11) is 0. The third kappa shape index (κ3) is 4.38. The van der Waals surface area contributed by atoms with Crippen LogP contribution in [-0.2, 0) is 11.3 Å². The first-order valence-electron chi connectivity index (χ1n) is 12.0. The van der Waals surface area contributed by atoms with Gasteiger partial charge in [0.05, 0.1) is 11.4 Å². The number of piperazine rings is 1. The minimum absolute atomic E-state index is 0.244. The Morgan fingerprint density at radius 3 is 2.25 bits per heavy atom. The average molecular weight is 439 g/mol. The summed E-state index contributed by atoms with van der Waals surface area (Å²) in [6, 6.07) is 9.44. The van der Waals surface area contributed by atoms with Gasteiger partial charge >= 0.3 is 5.69 Å². The Morgan fingerprint density at radius 2 is 1.62 bits per heavy atom. The average Bonchev–Trinajstić information content (AvgIpc) is 2.81. The molecule has 2 aliphatic rings. The van der Waals surface area contributed by atoms with Crippen molar-refractivity contribution in [2.75, 3.05) is 31.1 Å². The number of nitrogens with zero attached hydrogens (tertiary/aromatic N) is 4. The molecule has 1 amide bonds. The summed E-state index contributed by atoms with van der Waals surface area (Å²) >= 11 is 0. The maximum Gasteiger partial charge on any atom is 0.335 e. The van der Waals surface area contributed by atoms with Crippen LogP contribution in [-0.4, -0.2) is 46.1 Å². The van der Waals surface area contributed by atoms with E-state index in [0.29, 0.717) is 56.4 Å². The van der Waals surface area contributed by atoms with E-state index in [1.165, 1.54) is 36.7 Å². The fourth-order valence-electron chi connectivity index (χ4n) is 5.21. The van der Waals surface area contributed by atoms with Crippen molar-refractivity contribution >= 4 is 11.6 Å². The van der Waals surface area contributed by atoms with Crippen molar-refractivity contribution in [1.82, 2.24) is 14.0 Å². The first kappa shape index (κ1) is 22.4. The summed E-state index contributed by atoms with van der Waals surface area (Å²) in [5, 5.41) is 0. The number of benzene rings is 1. The Labute approximate surface area is 189 Å². The molecule has 172 valence electrons. The van der Waals surface area contributed by atoms with E-state index >= 15 is 0 Å². The van der Waals surface area contributed by atoms with E-state index < -0.39 is 0 Å². The second kappa shape index (κ2) is 9.76. The van der Waals surface area contributed by atoms with E-state index in [1.807, 2.05) is 54.0 Å². The number of hydrogen-bond acceptors (Lipinski definition) is 4. The first-order valence-corrected chi connectivity index (χ1v) is 12.0. The number of carbonyl (C=O) groups is 1. The molecule has 0 N–H and O–H groups in total. The van der Waals surface area contributed by atoms with Gasteiger partial charge < -0.3 is 9.80 Å². The minimum Gasteiger partial charge on any atom is -0.362 e. The largest absolute Gasteiger partial charge is 0.362 e. The molecule has 1 aromatic heterocycles. The Balaban J connectivity index is 1.56. The molecular formula is C25H34N4O3. The normalized spacial score (nSPS) is 17.6. The monoisotopic (exact) mass is 438 g/mol. The van der Waals surface area contributed by atoms with Crippen LogP contribution in [0.15, 0.2) is 39.9 Å². The van der Waals surface area contributed by atoms with Gasteiger partial charge in [-0.3, -0.25) is 18.7 Å². The zero-order chi connectivity index (χ0) is 22.7. The molecule has 0 spiro atoms.